The van der Waals surface area contributed by atoms with E-state index in [0.29, 0.717) is 12.1 Å². The third-order valence-corrected chi connectivity index (χ3v) is 8.75. The average molecular weight is 669 g/mol. The zero-order chi connectivity index (χ0) is 28.5. The van der Waals surface area contributed by atoms with E-state index >= 15 is 4.39 Å². The predicted molar refractivity (Wildman–Crippen MR) is 151 cm³/mol. The molecule has 0 bridgehead atoms. The van der Waals surface area contributed by atoms with E-state index < -0.39 is 43.5 Å². The lowest BCUT2D eigenvalue weighted by Crippen LogP contribution is -2.33. The second-order valence-corrected chi connectivity index (χ2v) is 13.1. The first-order chi connectivity index (χ1) is 18.3. The molecule has 2 atom stereocenters. The molecule has 39 heavy (non-hydrogen) atoms. The summed E-state index contributed by atoms with van der Waals surface area (Å²) >= 11 is 2.06. The van der Waals surface area contributed by atoms with E-state index in [2.05, 4.69) is 38.0 Å². The normalized spacial score (nSPS) is 18.3. The van der Waals surface area contributed by atoms with Gasteiger partial charge in [0.05, 0.1) is 32.7 Å². The Kier molecular flexibility index (Phi) is 8.23. The zero-order valence-corrected chi connectivity index (χ0v) is 24.0. The Bertz CT molecular complexity index is 1610. The Balaban J connectivity index is 1.58. The van der Waals surface area contributed by atoms with E-state index in [1.165, 1.54) is 6.08 Å². The molecule has 206 valence electrons. The van der Waals surface area contributed by atoms with E-state index in [0.717, 1.165) is 35.6 Å². The van der Waals surface area contributed by atoms with Crippen molar-refractivity contribution in [1.82, 2.24) is 20.1 Å². The molecule has 9 nitrogen and oxygen atoms in total. The number of halogens is 3. The summed E-state index contributed by atoms with van der Waals surface area (Å²) in [5, 5.41) is 16.6. The highest BCUT2D eigenvalue weighted by atomic mass is 127. The van der Waals surface area contributed by atoms with Crippen LogP contribution in [0.25, 0.3) is 11.1 Å². The molecular weight excluding hydrogens is 643 g/mol. The van der Waals surface area contributed by atoms with Crippen molar-refractivity contribution in [2.75, 3.05) is 18.6 Å². The lowest BCUT2D eigenvalue weighted by atomic mass is 9.88. The highest BCUT2D eigenvalue weighted by Gasteiger charge is 2.36. The van der Waals surface area contributed by atoms with Gasteiger partial charge in [-0.1, -0.05) is 28.7 Å². The Morgan fingerprint density at radius 2 is 2.00 bits per heavy atom. The van der Waals surface area contributed by atoms with Gasteiger partial charge in [-0.15, -0.1) is 0 Å². The summed E-state index contributed by atoms with van der Waals surface area (Å²) in [4.78, 5) is 17.0. The number of alkyl halides is 1. The number of nitrogens with one attached hydrogen (secondary N) is 1. The highest BCUT2D eigenvalue weighted by molar-refractivity contribution is 14.1. The molecule has 0 fully saturated rings. The summed E-state index contributed by atoms with van der Waals surface area (Å²) in [6.07, 6.45) is 8.88. The van der Waals surface area contributed by atoms with Crippen LogP contribution in [0.2, 0.25) is 0 Å². The van der Waals surface area contributed by atoms with Gasteiger partial charge in [0.1, 0.15) is 17.5 Å². The fraction of sp³-hybridized carbons (Fsp3) is 0.269. The van der Waals surface area contributed by atoms with Crippen LogP contribution in [0, 0.1) is 5.82 Å². The Morgan fingerprint density at radius 1 is 1.26 bits per heavy atom. The third kappa shape index (κ3) is 6.20. The number of aryl methyl sites for hydroxylation is 1. The summed E-state index contributed by atoms with van der Waals surface area (Å²) in [7, 11) is -3.75. The number of nitrogens with two attached hydrogens (primary N) is 1. The standard InChI is InChI=1S/C26H26F2IN5O4S/c1-3-34-13-17(12-32-34)16-8-21(24(30)31-11-16)26(29)5-4-20(22(28)10-26)25(36)33-23(14-35)15-6-18(27)9-19(7-15)39(2,37)38/h4-9,11-13,23,35H,3,10,14H2,1-2H3,(H2,30,31)(H,33,36)/t23-,26?/m1/s1. The van der Waals surface area contributed by atoms with E-state index in [4.69, 9.17) is 5.73 Å². The van der Waals surface area contributed by atoms with Crippen LogP contribution in [0.1, 0.15) is 30.5 Å². The maximum atomic E-state index is 15.4. The number of aromatic nitrogens is 3. The summed E-state index contributed by atoms with van der Waals surface area (Å²) in [6, 6.07) is 3.64. The van der Waals surface area contributed by atoms with E-state index in [1.807, 2.05) is 19.2 Å². The molecule has 4 N–H and O–H groups in total. The van der Waals surface area contributed by atoms with Gasteiger partial charge in [0.2, 0.25) is 0 Å². The third-order valence-electron chi connectivity index (χ3n) is 6.33. The molecular formula is C26H26F2IN5O4S. The number of carbonyl (C=O) groups is 1. The van der Waals surface area contributed by atoms with Gasteiger partial charge in [-0.25, -0.2) is 22.2 Å². The highest BCUT2D eigenvalue weighted by Crippen LogP contribution is 2.46. The maximum absolute atomic E-state index is 15.4. The molecule has 1 aliphatic rings. The SMILES string of the molecule is CCn1cc(-c2cnc(N)c(C3(I)C=CC(C(=O)N[C@H](CO)c4cc(F)cc(S(C)(=O)=O)c4)=C(F)C3)c2)cn1. The number of aliphatic hydroxyl groups excluding tert-OH is 1. The van der Waals surface area contributed by atoms with Crippen molar-refractivity contribution >= 4 is 44.2 Å². The first-order valence-corrected chi connectivity index (χ1v) is 14.8. The van der Waals surface area contributed by atoms with Crippen LogP contribution in [0.15, 0.2) is 71.3 Å². The van der Waals surface area contributed by atoms with Gasteiger partial charge in [0.25, 0.3) is 5.91 Å². The van der Waals surface area contributed by atoms with E-state index in [9.17, 15) is 22.7 Å². The van der Waals surface area contributed by atoms with Gasteiger partial charge in [-0.3, -0.25) is 9.48 Å². The lowest BCUT2D eigenvalue weighted by Gasteiger charge is -2.29. The van der Waals surface area contributed by atoms with Crippen molar-refractivity contribution in [2.24, 2.45) is 0 Å². The molecule has 2 heterocycles. The topological polar surface area (TPSA) is 140 Å². The number of sulfone groups is 1. The predicted octanol–water partition coefficient (Wildman–Crippen LogP) is 3.75. The molecule has 0 saturated carbocycles. The molecule has 0 aliphatic heterocycles. The van der Waals surface area contributed by atoms with Gasteiger partial charge in [-0.2, -0.15) is 5.10 Å². The number of nitrogen functional groups attached to an aromatic ring is 1. The molecule has 0 saturated heterocycles. The molecule has 2 aromatic heterocycles. The summed E-state index contributed by atoms with van der Waals surface area (Å²) in [5.74, 6) is -2.21. The van der Waals surface area contributed by atoms with Gasteiger partial charge in [0.15, 0.2) is 9.84 Å². The molecule has 1 amide bonds. The molecule has 0 radical (unpaired) electrons. The summed E-state index contributed by atoms with van der Waals surface area (Å²) in [5.41, 5.74) is 8.07. The number of rotatable bonds is 8. The van der Waals surface area contributed by atoms with Gasteiger partial charge < -0.3 is 16.2 Å². The fourth-order valence-electron chi connectivity index (χ4n) is 4.19. The molecule has 1 unspecified atom stereocenters. The van der Waals surface area contributed by atoms with Crippen molar-refractivity contribution < 1.29 is 27.1 Å². The lowest BCUT2D eigenvalue weighted by molar-refractivity contribution is -0.118. The van der Waals surface area contributed by atoms with Crippen LogP contribution < -0.4 is 11.1 Å². The van der Waals surface area contributed by atoms with Crippen LogP contribution in [0.5, 0.6) is 0 Å². The van der Waals surface area contributed by atoms with Crippen LogP contribution in [0.4, 0.5) is 14.6 Å². The number of hydrogen-bond acceptors (Lipinski definition) is 7. The number of nitrogens with zero attached hydrogens (tertiary/aromatic N) is 3. The average Bonchev–Trinajstić information content (AvgIpc) is 3.36. The quantitative estimate of drug-likeness (QED) is 0.245. The van der Waals surface area contributed by atoms with Crippen LogP contribution >= 0.6 is 22.6 Å². The van der Waals surface area contributed by atoms with Gasteiger partial charge in [-0.05, 0) is 42.8 Å². The molecule has 0 spiro atoms. The van der Waals surface area contributed by atoms with Crippen molar-refractivity contribution in [3.05, 3.63) is 83.4 Å². The van der Waals surface area contributed by atoms with Gasteiger partial charge in [0, 0.05) is 48.3 Å². The Labute approximate surface area is 237 Å². The minimum Gasteiger partial charge on any atom is -0.394 e. The zero-order valence-electron chi connectivity index (χ0n) is 21.0. The van der Waals surface area contributed by atoms with Crippen LogP contribution in [-0.2, 0) is 24.6 Å². The van der Waals surface area contributed by atoms with Crippen LogP contribution in [0.3, 0.4) is 0 Å². The monoisotopic (exact) mass is 669 g/mol. The minimum atomic E-state index is -3.75. The van der Waals surface area contributed by atoms with Crippen molar-refractivity contribution in [3.63, 3.8) is 0 Å². The van der Waals surface area contributed by atoms with Crippen molar-refractivity contribution in [1.29, 1.82) is 0 Å². The smallest absolute Gasteiger partial charge is 0.254 e. The molecule has 13 heteroatoms. The summed E-state index contributed by atoms with van der Waals surface area (Å²) < 4.78 is 54.1. The first kappa shape index (κ1) is 28.8. The Hall–Kier alpha value is -3.17. The number of pyridine rings is 1. The second-order valence-electron chi connectivity index (χ2n) is 9.13. The number of hydrogen-bond donors (Lipinski definition) is 3. The van der Waals surface area contributed by atoms with Crippen molar-refractivity contribution in [3.8, 4) is 11.1 Å². The maximum Gasteiger partial charge on any atom is 0.254 e. The minimum absolute atomic E-state index is 0.0253. The fourth-order valence-corrected chi connectivity index (χ4v) is 5.81. The van der Waals surface area contributed by atoms with Crippen molar-refractivity contribution in [2.45, 2.75) is 34.2 Å². The second kappa shape index (κ2) is 11.1. The van der Waals surface area contributed by atoms with E-state index in [-0.39, 0.29) is 28.3 Å². The molecule has 4 rings (SSSR count). The molecule has 3 aromatic rings. The summed E-state index contributed by atoms with van der Waals surface area (Å²) in [6.45, 7) is 1.99. The molecule has 1 aromatic carbocycles. The Morgan fingerprint density at radius 3 is 2.62 bits per heavy atom. The van der Waals surface area contributed by atoms with Gasteiger partial charge >= 0.3 is 0 Å². The number of aliphatic hydroxyl groups is 1. The number of anilines is 1. The largest absolute Gasteiger partial charge is 0.394 e. The first-order valence-electron chi connectivity index (χ1n) is 11.8. The number of benzene rings is 1. The number of carbonyl (C=O) groups excluding carboxylic acids is 1. The van der Waals surface area contributed by atoms with Crippen LogP contribution in [-0.4, -0.2) is 47.1 Å². The number of amides is 1. The number of allylic oxidation sites excluding steroid dienone is 2. The van der Waals surface area contributed by atoms with E-state index in [1.54, 1.807) is 23.2 Å². The molecule has 1 aliphatic carbocycles.